The minimum absolute atomic E-state index is 0.233. The summed E-state index contributed by atoms with van der Waals surface area (Å²) in [6, 6.07) is 0. The molecule has 0 heterocycles. The number of ether oxygens (including phenoxy) is 2. The SMILES string of the molecule is [CH2]C(CC)(OC(C)(C)C)OC(C)(C)C. The van der Waals surface area contributed by atoms with Crippen molar-refractivity contribution >= 4 is 0 Å². The van der Waals surface area contributed by atoms with Gasteiger partial charge in [-0.1, -0.05) is 6.92 Å². The van der Waals surface area contributed by atoms with Crippen LogP contribution in [-0.2, 0) is 9.47 Å². The maximum atomic E-state index is 5.82. The average molecular weight is 201 g/mol. The minimum atomic E-state index is -0.740. The highest BCUT2D eigenvalue weighted by Crippen LogP contribution is 2.28. The van der Waals surface area contributed by atoms with Crippen molar-refractivity contribution < 1.29 is 9.47 Å². The van der Waals surface area contributed by atoms with E-state index in [0.717, 1.165) is 6.42 Å². The van der Waals surface area contributed by atoms with Crippen molar-refractivity contribution in [3.8, 4) is 0 Å². The second-order valence-electron chi connectivity index (χ2n) is 5.69. The first kappa shape index (κ1) is 13.9. The Labute approximate surface area is 89.0 Å². The summed E-state index contributed by atoms with van der Waals surface area (Å²) in [5.74, 6) is -0.740. The first-order chi connectivity index (χ1) is 5.97. The van der Waals surface area contributed by atoms with E-state index in [1.165, 1.54) is 0 Å². The second kappa shape index (κ2) is 4.19. The third-order valence-electron chi connectivity index (χ3n) is 1.52. The Bertz CT molecular complexity index is 156. The highest BCUT2D eigenvalue weighted by molar-refractivity contribution is 4.79. The quantitative estimate of drug-likeness (QED) is 0.650. The van der Waals surface area contributed by atoms with E-state index in [0.29, 0.717) is 0 Å². The zero-order valence-electron chi connectivity index (χ0n) is 10.7. The van der Waals surface area contributed by atoms with E-state index in [1.54, 1.807) is 0 Å². The first-order valence-corrected chi connectivity index (χ1v) is 5.23. The van der Waals surface area contributed by atoms with Crippen molar-refractivity contribution in [2.75, 3.05) is 0 Å². The van der Waals surface area contributed by atoms with Crippen LogP contribution in [0.15, 0.2) is 0 Å². The molecule has 0 spiro atoms. The molecule has 0 amide bonds. The highest BCUT2D eigenvalue weighted by atomic mass is 16.7. The van der Waals surface area contributed by atoms with Gasteiger partial charge in [-0.3, -0.25) is 0 Å². The summed E-state index contributed by atoms with van der Waals surface area (Å²) >= 11 is 0. The van der Waals surface area contributed by atoms with E-state index >= 15 is 0 Å². The van der Waals surface area contributed by atoms with Crippen LogP contribution in [0.25, 0.3) is 0 Å². The van der Waals surface area contributed by atoms with Crippen molar-refractivity contribution in [1.82, 2.24) is 0 Å². The molecule has 0 aromatic rings. The lowest BCUT2D eigenvalue weighted by molar-refractivity contribution is -0.287. The van der Waals surface area contributed by atoms with Gasteiger partial charge in [0.25, 0.3) is 0 Å². The lowest BCUT2D eigenvalue weighted by Gasteiger charge is -2.40. The topological polar surface area (TPSA) is 18.5 Å². The van der Waals surface area contributed by atoms with Crippen molar-refractivity contribution in [2.24, 2.45) is 0 Å². The molecule has 0 fully saturated rings. The Morgan fingerprint density at radius 2 is 1.14 bits per heavy atom. The highest BCUT2D eigenvalue weighted by Gasteiger charge is 2.33. The molecule has 0 aliphatic rings. The summed E-state index contributed by atoms with van der Waals surface area (Å²) in [5.41, 5.74) is -0.466. The van der Waals surface area contributed by atoms with Crippen molar-refractivity contribution in [2.45, 2.75) is 71.9 Å². The van der Waals surface area contributed by atoms with Crippen LogP contribution in [0.1, 0.15) is 54.9 Å². The molecule has 0 aromatic carbocycles. The fraction of sp³-hybridized carbons (Fsp3) is 0.917. The first-order valence-electron chi connectivity index (χ1n) is 5.23. The molecule has 0 bridgehead atoms. The predicted octanol–water partition coefficient (Wildman–Crippen LogP) is 3.56. The molecule has 2 nitrogen and oxygen atoms in total. The van der Waals surface area contributed by atoms with E-state index in [2.05, 4.69) is 6.92 Å². The molecule has 0 unspecified atom stereocenters. The molecule has 0 atom stereocenters. The zero-order chi connectivity index (χ0) is 11.6. The molecule has 0 aliphatic heterocycles. The van der Waals surface area contributed by atoms with E-state index in [-0.39, 0.29) is 11.2 Å². The van der Waals surface area contributed by atoms with Gasteiger partial charge in [-0.2, -0.15) is 0 Å². The monoisotopic (exact) mass is 201 g/mol. The van der Waals surface area contributed by atoms with Gasteiger partial charge in [0.1, 0.15) is 0 Å². The largest absolute Gasteiger partial charge is 0.344 e. The van der Waals surface area contributed by atoms with Crippen LogP contribution in [0.3, 0.4) is 0 Å². The van der Waals surface area contributed by atoms with E-state index in [9.17, 15) is 0 Å². The lowest BCUT2D eigenvalue weighted by atomic mass is 10.1. The van der Waals surface area contributed by atoms with Gasteiger partial charge in [0.2, 0.25) is 0 Å². The molecular formula is C12H25O2. The summed E-state index contributed by atoms with van der Waals surface area (Å²) in [6.07, 6.45) is 0.738. The Morgan fingerprint density at radius 3 is 1.29 bits per heavy atom. The molecule has 0 aliphatic carbocycles. The van der Waals surface area contributed by atoms with Gasteiger partial charge in [0, 0.05) is 6.92 Å². The smallest absolute Gasteiger partial charge is 0.169 e. The number of hydrogen-bond donors (Lipinski definition) is 0. The maximum Gasteiger partial charge on any atom is 0.169 e. The standard InChI is InChI=1S/C12H25O2/c1-9-12(8,13-10(2,3)4)14-11(5,6)7/h8-9H2,1-7H3. The Hall–Kier alpha value is -0.0800. The summed E-state index contributed by atoms with van der Waals surface area (Å²) in [7, 11) is 0. The summed E-state index contributed by atoms with van der Waals surface area (Å²) in [5, 5.41) is 0. The van der Waals surface area contributed by atoms with Gasteiger partial charge >= 0.3 is 0 Å². The summed E-state index contributed by atoms with van der Waals surface area (Å²) in [4.78, 5) is 0. The summed E-state index contributed by atoms with van der Waals surface area (Å²) < 4.78 is 11.6. The fourth-order valence-corrected chi connectivity index (χ4v) is 1.28. The second-order valence-corrected chi connectivity index (χ2v) is 5.69. The molecule has 0 saturated carbocycles. The third-order valence-corrected chi connectivity index (χ3v) is 1.52. The van der Waals surface area contributed by atoms with Crippen LogP contribution in [0.2, 0.25) is 0 Å². The van der Waals surface area contributed by atoms with Crippen LogP contribution >= 0.6 is 0 Å². The normalized spacial score (nSPS) is 14.6. The van der Waals surface area contributed by atoms with Gasteiger partial charge in [-0.25, -0.2) is 0 Å². The fourth-order valence-electron chi connectivity index (χ4n) is 1.28. The zero-order valence-corrected chi connectivity index (χ0v) is 10.7. The maximum absolute atomic E-state index is 5.82. The van der Waals surface area contributed by atoms with Crippen LogP contribution in [0.4, 0.5) is 0 Å². The van der Waals surface area contributed by atoms with Gasteiger partial charge in [0.15, 0.2) is 5.79 Å². The molecule has 1 radical (unpaired) electrons. The van der Waals surface area contributed by atoms with Crippen molar-refractivity contribution in [1.29, 1.82) is 0 Å². The predicted molar refractivity (Wildman–Crippen MR) is 60.1 cm³/mol. The van der Waals surface area contributed by atoms with Crippen LogP contribution in [0, 0.1) is 6.92 Å². The molecule has 2 heteroatoms. The van der Waals surface area contributed by atoms with Gasteiger partial charge in [-0.15, -0.1) is 0 Å². The summed E-state index contributed by atoms with van der Waals surface area (Å²) in [6.45, 7) is 18.1. The molecule has 0 saturated heterocycles. The molecule has 85 valence electrons. The molecular weight excluding hydrogens is 176 g/mol. The van der Waals surface area contributed by atoms with Crippen LogP contribution in [-0.4, -0.2) is 17.0 Å². The van der Waals surface area contributed by atoms with Gasteiger partial charge in [0.05, 0.1) is 11.2 Å². The third kappa shape index (κ3) is 6.39. The number of hydrogen-bond acceptors (Lipinski definition) is 2. The molecule has 0 rings (SSSR count). The molecule has 0 N–H and O–H groups in total. The minimum Gasteiger partial charge on any atom is -0.344 e. The Morgan fingerprint density at radius 1 is 0.857 bits per heavy atom. The molecule has 0 aromatic heterocycles. The Kier molecular flexibility index (Phi) is 4.17. The average Bonchev–Trinajstić information content (AvgIpc) is 1.78. The van der Waals surface area contributed by atoms with Crippen molar-refractivity contribution in [3.05, 3.63) is 6.92 Å². The van der Waals surface area contributed by atoms with Crippen LogP contribution in [0.5, 0.6) is 0 Å². The Balaban J connectivity index is 4.49. The number of rotatable bonds is 3. The van der Waals surface area contributed by atoms with Gasteiger partial charge < -0.3 is 9.47 Å². The van der Waals surface area contributed by atoms with Crippen molar-refractivity contribution in [3.63, 3.8) is 0 Å². The van der Waals surface area contributed by atoms with Gasteiger partial charge in [-0.05, 0) is 48.0 Å². The van der Waals surface area contributed by atoms with E-state index in [4.69, 9.17) is 9.47 Å². The van der Waals surface area contributed by atoms with E-state index < -0.39 is 5.79 Å². The van der Waals surface area contributed by atoms with Crippen LogP contribution < -0.4 is 0 Å². The molecule has 14 heavy (non-hydrogen) atoms. The lowest BCUT2D eigenvalue weighted by Crippen LogP contribution is -2.44. The van der Waals surface area contributed by atoms with E-state index in [1.807, 2.05) is 48.5 Å².